The predicted molar refractivity (Wildman–Crippen MR) is 86.8 cm³/mol. The van der Waals surface area contributed by atoms with Crippen molar-refractivity contribution in [3.63, 3.8) is 0 Å². The van der Waals surface area contributed by atoms with E-state index >= 15 is 0 Å². The van der Waals surface area contributed by atoms with Crippen molar-refractivity contribution >= 4 is 31.6 Å². The summed E-state index contributed by atoms with van der Waals surface area (Å²) in [6, 6.07) is 9.91. The molecule has 0 saturated carbocycles. The van der Waals surface area contributed by atoms with Crippen LogP contribution in [0.3, 0.4) is 0 Å². The standard InChI is InChI=1S/C15H16BrNO3S/c1-10-7-13(8-11(2)15(10)16)17-21(19,20)14-6-4-3-5-12(14)9-18/h3-8,17-18H,9H2,1-2H3. The Balaban J connectivity index is 2.42. The molecule has 0 spiro atoms. The van der Waals surface area contributed by atoms with Crippen LogP contribution in [-0.2, 0) is 16.6 Å². The van der Waals surface area contributed by atoms with Gasteiger partial charge in [0, 0.05) is 10.2 Å². The molecule has 112 valence electrons. The lowest BCUT2D eigenvalue weighted by molar-refractivity contribution is 0.278. The summed E-state index contributed by atoms with van der Waals surface area (Å²) in [4.78, 5) is 0.0886. The van der Waals surface area contributed by atoms with E-state index < -0.39 is 10.0 Å². The lowest BCUT2D eigenvalue weighted by atomic mass is 10.1. The average Bonchev–Trinajstić information content (AvgIpc) is 2.44. The summed E-state index contributed by atoms with van der Waals surface area (Å²) >= 11 is 3.45. The Labute approximate surface area is 133 Å². The van der Waals surface area contributed by atoms with Crippen LogP contribution in [0.4, 0.5) is 5.69 Å². The van der Waals surface area contributed by atoms with Gasteiger partial charge in [-0.1, -0.05) is 34.1 Å². The van der Waals surface area contributed by atoms with Gasteiger partial charge in [0.25, 0.3) is 10.0 Å². The largest absolute Gasteiger partial charge is 0.392 e. The van der Waals surface area contributed by atoms with Crippen molar-refractivity contribution in [1.82, 2.24) is 0 Å². The molecule has 0 atom stereocenters. The Hall–Kier alpha value is -1.37. The van der Waals surface area contributed by atoms with Crippen LogP contribution >= 0.6 is 15.9 Å². The first-order chi connectivity index (χ1) is 9.85. The Morgan fingerprint density at radius 2 is 1.71 bits per heavy atom. The van der Waals surface area contributed by atoms with E-state index in [0.29, 0.717) is 11.3 Å². The number of halogens is 1. The number of aliphatic hydroxyl groups is 1. The second-order valence-corrected chi connectivity index (χ2v) is 7.24. The first-order valence-corrected chi connectivity index (χ1v) is 8.61. The quantitative estimate of drug-likeness (QED) is 0.867. The lowest BCUT2D eigenvalue weighted by Crippen LogP contribution is -2.15. The molecule has 2 rings (SSSR count). The van der Waals surface area contributed by atoms with Crippen molar-refractivity contribution < 1.29 is 13.5 Å². The predicted octanol–water partition coefficient (Wildman–Crippen LogP) is 3.36. The Morgan fingerprint density at radius 1 is 1.14 bits per heavy atom. The summed E-state index contributed by atoms with van der Waals surface area (Å²) in [5, 5.41) is 9.27. The Morgan fingerprint density at radius 3 is 2.29 bits per heavy atom. The fraction of sp³-hybridized carbons (Fsp3) is 0.200. The van der Waals surface area contributed by atoms with E-state index in [2.05, 4.69) is 20.7 Å². The Kier molecular flexibility index (Phi) is 4.70. The molecule has 0 saturated heterocycles. The van der Waals surface area contributed by atoms with Crippen molar-refractivity contribution in [3.05, 3.63) is 57.6 Å². The van der Waals surface area contributed by atoms with Crippen LogP contribution in [0, 0.1) is 13.8 Å². The number of nitrogens with one attached hydrogen (secondary N) is 1. The number of hydrogen-bond donors (Lipinski definition) is 2. The minimum Gasteiger partial charge on any atom is -0.392 e. The van der Waals surface area contributed by atoms with E-state index in [1.807, 2.05) is 13.8 Å². The number of aryl methyl sites for hydroxylation is 2. The van der Waals surface area contributed by atoms with Crippen LogP contribution in [0.2, 0.25) is 0 Å². The fourth-order valence-electron chi connectivity index (χ4n) is 2.11. The van der Waals surface area contributed by atoms with E-state index in [0.717, 1.165) is 15.6 Å². The monoisotopic (exact) mass is 369 g/mol. The third kappa shape index (κ3) is 3.45. The molecule has 2 aromatic carbocycles. The van der Waals surface area contributed by atoms with Crippen molar-refractivity contribution in [3.8, 4) is 0 Å². The highest BCUT2D eigenvalue weighted by Gasteiger charge is 2.18. The van der Waals surface area contributed by atoms with Gasteiger partial charge in [-0.3, -0.25) is 4.72 Å². The molecule has 0 heterocycles. The molecule has 0 aliphatic rings. The zero-order valence-corrected chi connectivity index (χ0v) is 14.1. The lowest BCUT2D eigenvalue weighted by Gasteiger charge is -2.13. The molecule has 0 radical (unpaired) electrons. The molecule has 0 aliphatic carbocycles. The normalized spacial score (nSPS) is 11.4. The first-order valence-electron chi connectivity index (χ1n) is 6.33. The summed E-state index contributed by atoms with van der Waals surface area (Å²) in [7, 11) is -3.73. The van der Waals surface area contributed by atoms with Gasteiger partial charge in [-0.2, -0.15) is 0 Å². The zero-order chi connectivity index (χ0) is 15.6. The van der Waals surface area contributed by atoms with Gasteiger partial charge in [-0.05, 0) is 48.7 Å². The summed E-state index contributed by atoms with van der Waals surface area (Å²) < 4.78 is 28.4. The number of aliphatic hydroxyl groups excluding tert-OH is 1. The van der Waals surface area contributed by atoms with E-state index in [-0.39, 0.29) is 11.5 Å². The Bertz CT molecular complexity index is 749. The smallest absolute Gasteiger partial charge is 0.262 e. The highest BCUT2D eigenvalue weighted by atomic mass is 79.9. The van der Waals surface area contributed by atoms with Gasteiger partial charge in [0.1, 0.15) is 0 Å². The van der Waals surface area contributed by atoms with Gasteiger partial charge in [-0.15, -0.1) is 0 Å². The minimum absolute atomic E-state index is 0.0886. The van der Waals surface area contributed by atoms with Gasteiger partial charge in [0.2, 0.25) is 0 Å². The zero-order valence-electron chi connectivity index (χ0n) is 11.7. The van der Waals surface area contributed by atoms with E-state index in [1.165, 1.54) is 6.07 Å². The number of hydrogen-bond acceptors (Lipinski definition) is 3. The summed E-state index contributed by atoms with van der Waals surface area (Å²) in [5.41, 5.74) is 2.77. The van der Waals surface area contributed by atoms with Gasteiger partial charge in [-0.25, -0.2) is 8.42 Å². The van der Waals surface area contributed by atoms with Gasteiger partial charge < -0.3 is 5.11 Å². The molecule has 6 heteroatoms. The molecular formula is C15H16BrNO3S. The van der Waals surface area contributed by atoms with Crippen LogP contribution in [-0.4, -0.2) is 13.5 Å². The molecule has 0 bridgehead atoms. The van der Waals surface area contributed by atoms with Crippen LogP contribution < -0.4 is 4.72 Å². The van der Waals surface area contributed by atoms with Crippen molar-refractivity contribution in [1.29, 1.82) is 0 Å². The number of rotatable bonds is 4. The summed E-state index contributed by atoms with van der Waals surface area (Å²) in [5.74, 6) is 0. The fourth-order valence-corrected chi connectivity index (χ4v) is 3.61. The highest BCUT2D eigenvalue weighted by Crippen LogP contribution is 2.27. The van der Waals surface area contributed by atoms with Crippen LogP contribution in [0.15, 0.2) is 45.8 Å². The van der Waals surface area contributed by atoms with Gasteiger partial charge in [0.05, 0.1) is 11.5 Å². The molecule has 2 aromatic rings. The van der Waals surface area contributed by atoms with Crippen LogP contribution in [0.5, 0.6) is 0 Å². The van der Waals surface area contributed by atoms with Crippen molar-refractivity contribution in [2.45, 2.75) is 25.3 Å². The van der Waals surface area contributed by atoms with Crippen molar-refractivity contribution in [2.24, 2.45) is 0 Å². The molecule has 0 aliphatic heterocycles. The molecule has 0 unspecified atom stereocenters. The molecular weight excluding hydrogens is 354 g/mol. The second kappa shape index (κ2) is 6.17. The third-order valence-electron chi connectivity index (χ3n) is 3.12. The van der Waals surface area contributed by atoms with E-state index in [4.69, 9.17) is 0 Å². The van der Waals surface area contributed by atoms with Gasteiger partial charge >= 0.3 is 0 Å². The van der Waals surface area contributed by atoms with E-state index in [1.54, 1.807) is 30.3 Å². The maximum Gasteiger partial charge on any atom is 0.262 e. The highest BCUT2D eigenvalue weighted by molar-refractivity contribution is 9.10. The molecule has 21 heavy (non-hydrogen) atoms. The first kappa shape index (κ1) is 16.0. The topological polar surface area (TPSA) is 66.4 Å². The third-order valence-corrected chi connectivity index (χ3v) is 5.85. The van der Waals surface area contributed by atoms with Crippen LogP contribution in [0.25, 0.3) is 0 Å². The van der Waals surface area contributed by atoms with E-state index in [9.17, 15) is 13.5 Å². The summed E-state index contributed by atoms with van der Waals surface area (Å²) in [6.45, 7) is 3.47. The molecule has 0 amide bonds. The number of benzene rings is 2. The summed E-state index contributed by atoms with van der Waals surface area (Å²) in [6.07, 6.45) is 0. The average molecular weight is 370 g/mol. The molecule has 4 nitrogen and oxygen atoms in total. The van der Waals surface area contributed by atoms with Crippen molar-refractivity contribution in [2.75, 3.05) is 4.72 Å². The molecule has 0 fully saturated rings. The van der Waals surface area contributed by atoms with Gasteiger partial charge in [0.15, 0.2) is 0 Å². The van der Waals surface area contributed by atoms with Crippen LogP contribution in [0.1, 0.15) is 16.7 Å². The number of anilines is 1. The number of sulfonamides is 1. The second-order valence-electron chi connectivity index (χ2n) is 4.80. The maximum absolute atomic E-state index is 12.5. The molecule has 2 N–H and O–H groups in total. The minimum atomic E-state index is -3.73. The maximum atomic E-state index is 12.5. The molecule has 0 aromatic heterocycles. The SMILES string of the molecule is Cc1cc(NS(=O)(=O)c2ccccc2CO)cc(C)c1Br.